The summed E-state index contributed by atoms with van der Waals surface area (Å²) in [4.78, 5) is 19.4. The standard InChI is InChI=1S/C17H18N4O4/c1-19(12-4-6-14-15(10-12)25-11-24-14)16-7-5-13(21(22)23)17(18-16)20-8-2-3-9-20/h4-7,10H,2-3,8-9,11H2,1H3. The smallest absolute Gasteiger partial charge is 0.311 e. The highest BCUT2D eigenvalue weighted by Gasteiger charge is 2.25. The van der Waals surface area contributed by atoms with Crippen LogP contribution in [0.25, 0.3) is 0 Å². The number of fused-ring (bicyclic) bond motifs is 1. The van der Waals surface area contributed by atoms with Crippen LogP contribution in [0.2, 0.25) is 0 Å². The van der Waals surface area contributed by atoms with Crippen LogP contribution in [0.15, 0.2) is 30.3 Å². The second-order valence-electron chi connectivity index (χ2n) is 6.06. The van der Waals surface area contributed by atoms with Crippen LogP contribution in [0.5, 0.6) is 11.5 Å². The molecule has 0 saturated carbocycles. The summed E-state index contributed by atoms with van der Waals surface area (Å²) >= 11 is 0. The Labute approximate surface area is 144 Å². The fourth-order valence-electron chi connectivity index (χ4n) is 3.15. The number of nitrogens with zero attached hydrogens (tertiary/aromatic N) is 4. The van der Waals surface area contributed by atoms with Crippen LogP contribution in [0.4, 0.5) is 23.0 Å². The highest BCUT2D eigenvalue weighted by molar-refractivity contribution is 5.68. The molecule has 130 valence electrons. The van der Waals surface area contributed by atoms with Crippen LogP contribution >= 0.6 is 0 Å². The van der Waals surface area contributed by atoms with Gasteiger partial charge in [0.2, 0.25) is 12.6 Å². The summed E-state index contributed by atoms with van der Waals surface area (Å²) < 4.78 is 10.7. The molecule has 0 atom stereocenters. The number of benzene rings is 1. The molecule has 1 fully saturated rings. The predicted octanol–water partition coefficient (Wildman–Crippen LogP) is 3.09. The van der Waals surface area contributed by atoms with Gasteiger partial charge in [0.25, 0.3) is 0 Å². The van der Waals surface area contributed by atoms with Gasteiger partial charge >= 0.3 is 5.69 Å². The number of hydrogen-bond donors (Lipinski definition) is 0. The van der Waals surface area contributed by atoms with E-state index in [2.05, 4.69) is 4.98 Å². The van der Waals surface area contributed by atoms with Crippen molar-refractivity contribution in [3.8, 4) is 11.5 Å². The minimum Gasteiger partial charge on any atom is -0.454 e. The van der Waals surface area contributed by atoms with Crippen LogP contribution in [-0.4, -0.2) is 36.8 Å². The van der Waals surface area contributed by atoms with Crippen molar-refractivity contribution in [2.45, 2.75) is 12.8 Å². The Morgan fingerprint density at radius 3 is 2.68 bits per heavy atom. The van der Waals surface area contributed by atoms with E-state index in [1.165, 1.54) is 6.07 Å². The Kier molecular flexibility index (Phi) is 3.79. The van der Waals surface area contributed by atoms with E-state index in [9.17, 15) is 10.1 Å². The molecule has 1 aromatic heterocycles. The maximum Gasteiger partial charge on any atom is 0.311 e. The van der Waals surface area contributed by atoms with Gasteiger partial charge in [-0.3, -0.25) is 10.1 Å². The minimum absolute atomic E-state index is 0.0461. The number of ether oxygens (including phenoxy) is 2. The molecule has 1 saturated heterocycles. The molecule has 0 radical (unpaired) electrons. The zero-order valence-corrected chi connectivity index (χ0v) is 13.8. The number of aromatic nitrogens is 1. The first-order valence-corrected chi connectivity index (χ1v) is 8.17. The fourth-order valence-corrected chi connectivity index (χ4v) is 3.15. The third-order valence-electron chi connectivity index (χ3n) is 4.53. The summed E-state index contributed by atoms with van der Waals surface area (Å²) in [5, 5.41) is 11.4. The quantitative estimate of drug-likeness (QED) is 0.624. The number of hydrogen-bond acceptors (Lipinski definition) is 7. The van der Waals surface area contributed by atoms with Crippen molar-refractivity contribution in [1.29, 1.82) is 0 Å². The molecule has 2 aliphatic heterocycles. The molecule has 3 heterocycles. The average molecular weight is 342 g/mol. The molecule has 0 spiro atoms. The lowest BCUT2D eigenvalue weighted by Crippen LogP contribution is -2.22. The molecule has 0 unspecified atom stereocenters. The molecule has 0 aliphatic carbocycles. The Morgan fingerprint density at radius 2 is 1.92 bits per heavy atom. The molecular formula is C17H18N4O4. The molecule has 4 rings (SSSR count). The Morgan fingerprint density at radius 1 is 1.16 bits per heavy atom. The number of pyridine rings is 1. The molecule has 1 aromatic carbocycles. The predicted molar refractivity (Wildman–Crippen MR) is 93.0 cm³/mol. The van der Waals surface area contributed by atoms with Crippen LogP contribution in [0.1, 0.15) is 12.8 Å². The Hall–Kier alpha value is -3.03. The summed E-state index contributed by atoms with van der Waals surface area (Å²) in [6, 6.07) is 8.83. The largest absolute Gasteiger partial charge is 0.454 e. The minimum atomic E-state index is -0.370. The van der Waals surface area contributed by atoms with Crippen molar-refractivity contribution in [1.82, 2.24) is 4.98 Å². The van der Waals surface area contributed by atoms with Gasteiger partial charge in [0.15, 0.2) is 11.5 Å². The molecular weight excluding hydrogens is 324 g/mol. The van der Waals surface area contributed by atoms with Crippen LogP contribution in [-0.2, 0) is 0 Å². The van der Waals surface area contributed by atoms with Crippen molar-refractivity contribution >= 4 is 23.0 Å². The second-order valence-corrected chi connectivity index (χ2v) is 6.06. The average Bonchev–Trinajstić information content (AvgIpc) is 3.31. The van der Waals surface area contributed by atoms with Crippen LogP contribution in [0, 0.1) is 10.1 Å². The van der Waals surface area contributed by atoms with E-state index < -0.39 is 0 Å². The first-order chi connectivity index (χ1) is 12.1. The molecule has 25 heavy (non-hydrogen) atoms. The molecule has 0 N–H and O–H groups in total. The van der Waals surface area contributed by atoms with E-state index >= 15 is 0 Å². The van der Waals surface area contributed by atoms with Crippen molar-refractivity contribution < 1.29 is 14.4 Å². The summed E-state index contributed by atoms with van der Waals surface area (Å²) in [6.45, 7) is 1.81. The van der Waals surface area contributed by atoms with Gasteiger partial charge in [-0.25, -0.2) is 4.98 Å². The lowest BCUT2D eigenvalue weighted by atomic mass is 10.2. The lowest BCUT2D eigenvalue weighted by Gasteiger charge is -2.22. The third kappa shape index (κ3) is 2.79. The first-order valence-electron chi connectivity index (χ1n) is 8.17. The first kappa shape index (κ1) is 15.5. The lowest BCUT2D eigenvalue weighted by molar-refractivity contribution is -0.384. The summed E-state index contributed by atoms with van der Waals surface area (Å²) in [5.74, 6) is 2.48. The highest BCUT2D eigenvalue weighted by Crippen LogP contribution is 2.38. The van der Waals surface area contributed by atoms with Gasteiger partial charge in [-0.2, -0.15) is 0 Å². The zero-order valence-electron chi connectivity index (χ0n) is 13.8. The van der Waals surface area contributed by atoms with E-state index in [0.717, 1.165) is 31.6 Å². The number of anilines is 3. The number of nitro groups is 1. The molecule has 2 aromatic rings. The van der Waals surface area contributed by atoms with Crippen molar-refractivity contribution in [2.24, 2.45) is 0 Å². The van der Waals surface area contributed by atoms with Gasteiger partial charge in [-0.05, 0) is 31.0 Å². The molecule has 2 aliphatic rings. The van der Waals surface area contributed by atoms with Crippen LogP contribution in [0.3, 0.4) is 0 Å². The van der Waals surface area contributed by atoms with Crippen molar-refractivity contribution in [2.75, 3.05) is 36.7 Å². The number of rotatable bonds is 4. The fraction of sp³-hybridized carbons (Fsp3) is 0.353. The van der Waals surface area contributed by atoms with E-state index in [1.807, 2.05) is 35.0 Å². The summed E-state index contributed by atoms with van der Waals surface area (Å²) in [6.07, 6.45) is 2.06. The van der Waals surface area contributed by atoms with E-state index in [0.29, 0.717) is 23.1 Å². The van der Waals surface area contributed by atoms with Gasteiger partial charge in [0.1, 0.15) is 5.82 Å². The van der Waals surface area contributed by atoms with Crippen molar-refractivity contribution in [3.63, 3.8) is 0 Å². The normalized spacial score (nSPS) is 15.5. The maximum absolute atomic E-state index is 11.4. The summed E-state index contributed by atoms with van der Waals surface area (Å²) in [7, 11) is 1.87. The SMILES string of the molecule is CN(c1ccc2c(c1)OCO2)c1ccc([N+](=O)[O-])c(N2CCCC2)n1. The zero-order chi connectivity index (χ0) is 17.4. The van der Waals surface area contributed by atoms with Crippen molar-refractivity contribution in [3.05, 3.63) is 40.4 Å². The topological polar surface area (TPSA) is 81.0 Å². The highest BCUT2D eigenvalue weighted by atomic mass is 16.7. The van der Waals surface area contributed by atoms with Crippen LogP contribution < -0.4 is 19.3 Å². The van der Waals surface area contributed by atoms with Gasteiger partial charge in [0.05, 0.1) is 4.92 Å². The molecule has 8 nitrogen and oxygen atoms in total. The van der Waals surface area contributed by atoms with Gasteiger partial charge < -0.3 is 19.3 Å². The van der Waals surface area contributed by atoms with E-state index in [-0.39, 0.29) is 17.4 Å². The third-order valence-corrected chi connectivity index (χ3v) is 4.53. The van der Waals surface area contributed by atoms with E-state index in [4.69, 9.17) is 9.47 Å². The van der Waals surface area contributed by atoms with E-state index in [1.54, 1.807) is 6.07 Å². The Balaban J connectivity index is 1.69. The molecule has 8 heteroatoms. The van der Waals surface area contributed by atoms with Gasteiger partial charge in [-0.1, -0.05) is 0 Å². The summed E-state index contributed by atoms with van der Waals surface area (Å²) in [5.41, 5.74) is 0.919. The maximum atomic E-state index is 11.4. The molecule has 0 amide bonds. The van der Waals surface area contributed by atoms with Gasteiger partial charge in [-0.15, -0.1) is 0 Å². The molecule has 0 bridgehead atoms. The monoisotopic (exact) mass is 342 g/mol. The Bertz CT molecular complexity index is 820. The van der Waals surface area contributed by atoms with Gasteiger partial charge in [0, 0.05) is 38.0 Å². The second kappa shape index (κ2) is 6.12.